The van der Waals surface area contributed by atoms with Gasteiger partial charge in [0.05, 0.1) is 22.7 Å². The number of benzene rings is 8. The van der Waals surface area contributed by atoms with Gasteiger partial charge >= 0.3 is 0 Å². The third-order valence-corrected chi connectivity index (χ3v) is 13.3. The van der Waals surface area contributed by atoms with E-state index >= 15 is 0 Å². The van der Waals surface area contributed by atoms with Crippen LogP contribution in [0.2, 0.25) is 0 Å². The Kier molecular flexibility index (Phi) is 10.3. The first kappa shape index (κ1) is 41.8. The number of rotatable bonds is 7. The van der Waals surface area contributed by atoms with Crippen LogP contribution in [0.3, 0.4) is 0 Å². The largest absolute Gasteiger partial charge is 0.321 e. The smallest absolute Gasteiger partial charge is 0.137 e. The van der Waals surface area contributed by atoms with Crippen LogP contribution in [0.1, 0.15) is 52.7 Å². The monoisotopic (exact) mass is 869 g/mol. The lowest BCUT2D eigenvalue weighted by molar-refractivity contribution is 0.568. The standard InChI is InChI=1S/C62H55N5/c1-61(2,3)45-37-46(62(4,5)6)39-50(38-45)65-42-64(57-29-17-18-30-58(57)65)49-35-44(43-21-9-7-10-22-43)36-51(40-49)66(47-23-11-8-12-24-47)48-32-33-55-53-26-14-13-25-52(53)54-27-15-16-28-56(54)67(59(55)41-48)60-31-19-20-34-63-60/h7-41H,42H2,1-6H3. The zero-order chi connectivity index (χ0) is 45.9. The van der Waals surface area contributed by atoms with Crippen molar-refractivity contribution in [2.24, 2.45) is 0 Å². The minimum absolute atomic E-state index is 0.00796. The summed E-state index contributed by atoms with van der Waals surface area (Å²) in [7, 11) is 0. The van der Waals surface area contributed by atoms with Gasteiger partial charge in [-0.05, 0) is 129 Å². The second-order valence-electron chi connectivity index (χ2n) is 19.8. The van der Waals surface area contributed by atoms with Gasteiger partial charge in [-0.2, -0.15) is 0 Å². The Morgan fingerprint density at radius 2 is 0.925 bits per heavy atom. The molecule has 0 saturated carbocycles. The third-order valence-electron chi connectivity index (χ3n) is 13.3. The van der Waals surface area contributed by atoms with E-state index in [0.717, 1.165) is 56.6 Å². The summed E-state index contributed by atoms with van der Waals surface area (Å²) in [6.07, 6.45) is 1.88. The second-order valence-corrected chi connectivity index (χ2v) is 19.8. The third kappa shape index (κ3) is 7.70. The molecular formula is C62H55N5. The average molecular weight is 870 g/mol. The van der Waals surface area contributed by atoms with Gasteiger partial charge in [0, 0.05) is 45.8 Å². The van der Waals surface area contributed by atoms with Gasteiger partial charge in [0.2, 0.25) is 0 Å². The topological polar surface area (TPSA) is 25.9 Å². The van der Waals surface area contributed by atoms with Crippen molar-refractivity contribution in [2.75, 3.05) is 26.3 Å². The van der Waals surface area contributed by atoms with Crippen LogP contribution in [0, 0.1) is 0 Å². The molecule has 2 aliphatic rings. The minimum Gasteiger partial charge on any atom is -0.321 e. The van der Waals surface area contributed by atoms with Gasteiger partial charge in [0.15, 0.2) is 0 Å². The number of fused-ring (bicyclic) bond motifs is 6. The first-order valence-corrected chi connectivity index (χ1v) is 23.4. The molecule has 0 atom stereocenters. The van der Waals surface area contributed by atoms with Gasteiger partial charge in [-0.1, -0.05) is 163 Å². The molecule has 9 aromatic rings. The van der Waals surface area contributed by atoms with E-state index in [0.29, 0.717) is 6.67 Å². The van der Waals surface area contributed by atoms with Gasteiger partial charge < -0.3 is 14.7 Å². The van der Waals surface area contributed by atoms with Crippen LogP contribution in [0.5, 0.6) is 0 Å². The summed E-state index contributed by atoms with van der Waals surface area (Å²) in [5.74, 6) is 0.862. The quantitative estimate of drug-likeness (QED) is 0.159. The molecule has 0 spiro atoms. The van der Waals surface area contributed by atoms with Crippen molar-refractivity contribution in [1.82, 2.24) is 4.98 Å². The summed E-state index contributed by atoms with van der Waals surface area (Å²) in [5.41, 5.74) is 19.7. The molecular weight excluding hydrogens is 815 g/mol. The van der Waals surface area contributed by atoms with E-state index < -0.39 is 0 Å². The van der Waals surface area contributed by atoms with Gasteiger partial charge in [0.1, 0.15) is 12.5 Å². The Bertz CT molecular complexity index is 3220. The highest BCUT2D eigenvalue weighted by Crippen LogP contribution is 2.53. The highest BCUT2D eigenvalue weighted by molar-refractivity contribution is 6.03. The molecule has 328 valence electrons. The van der Waals surface area contributed by atoms with Crippen LogP contribution >= 0.6 is 0 Å². The molecule has 0 N–H and O–H groups in total. The van der Waals surface area contributed by atoms with Crippen LogP contribution in [0.25, 0.3) is 33.4 Å². The molecule has 0 aliphatic carbocycles. The number of anilines is 10. The number of hydrogen-bond acceptors (Lipinski definition) is 5. The van der Waals surface area contributed by atoms with Gasteiger partial charge in [-0.3, -0.25) is 4.90 Å². The second kappa shape index (κ2) is 16.5. The van der Waals surface area contributed by atoms with Crippen molar-refractivity contribution in [3.05, 3.63) is 224 Å². The van der Waals surface area contributed by atoms with Crippen LogP contribution in [0.15, 0.2) is 212 Å². The molecule has 5 nitrogen and oxygen atoms in total. The molecule has 0 radical (unpaired) electrons. The van der Waals surface area contributed by atoms with E-state index in [2.05, 4.69) is 261 Å². The van der Waals surface area contributed by atoms with Crippen LogP contribution in [0.4, 0.5) is 57.0 Å². The van der Waals surface area contributed by atoms with Crippen LogP contribution < -0.4 is 19.6 Å². The molecule has 8 aromatic carbocycles. The fourth-order valence-corrected chi connectivity index (χ4v) is 9.77. The summed E-state index contributed by atoms with van der Waals surface area (Å²) in [6, 6.07) is 75.3. The highest BCUT2D eigenvalue weighted by atomic mass is 15.4. The van der Waals surface area contributed by atoms with E-state index in [1.165, 1.54) is 44.9 Å². The van der Waals surface area contributed by atoms with Crippen molar-refractivity contribution in [2.45, 2.75) is 52.4 Å². The minimum atomic E-state index is -0.00796. The first-order valence-electron chi connectivity index (χ1n) is 23.4. The zero-order valence-electron chi connectivity index (χ0n) is 39.2. The molecule has 11 rings (SSSR count). The molecule has 67 heavy (non-hydrogen) atoms. The summed E-state index contributed by atoms with van der Waals surface area (Å²) < 4.78 is 0. The maximum absolute atomic E-state index is 4.98. The average Bonchev–Trinajstić information content (AvgIpc) is 3.69. The maximum atomic E-state index is 4.98. The van der Waals surface area contributed by atoms with Crippen molar-refractivity contribution in [1.29, 1.82) is 0 Å². The number of pyridine rings is 1. The van der Waals surface area contributed by atoms with Crippen LogP contribution in [-0.2, 0) is 10.8 Å². The van der Waals surface area contributed by atoms with Crippen LogP contribution in [-0.4, -0.2) is 11.7 Å². The fraction of sp³-hybridized carbons (Fsp3) is 0.145. The van der Waals surface area contributed by atoms with E-state index in [4.69, 9.17) is 4.98 Å². The summed E-state index contributed by atoms with van der Waals surface area (Å²) in [6.45, 7) is 14.6. The Labute approximate surface area is 395 Å². The van der Waals surface area contributed by atoms with E-state index in [-0.39, 0.29) is 10.8 Å². The summed E-state index contributed by atoms with van der Waals surface area (Å²) >= 11 is 0. The summed E-state index contributed by atoms with van der Waals surface area (Å²) in [5, 5.41) is 0. The number of para-hydroxylation sites is 4. The molecule has 0 fully saturated rings. The molecule has 1 aromatic heterocycles. The molecule has 2 aliphatic heterocycles. The molecule has 0 amide bonds. The number of hydrogen-bond donors (Lipinski definition) is 0. The van der Waals surface area contributed by atoms with Crippen molar-refractivity contribution in [3.8, 4) is 33.4 Å². The predicted molar refractivity (Wildman–Crippen MR) is 283 cm³/mol. The van der Waals surface area contributed by atoms with Gasteiger partial charge in [-0.25, -0.2) is 4.98 Å². The molecule has 0 bridgehead atoms. The maximum Gasteiger partial charge on any atom is 0.137 e. The first-order chi connectivity index (χ1) is 32.5. The zero-order valence-corrected chi connectivity index (χ0v) is 39.2. The Hall–Kier alpha value is -7.89. The Morgan fingerprint density at radius 1 is 0.388 bits per heavy atom. The fourth-order valence-electron chi connectivity index (χ4n) is 9.77. The molecule has 3 heterocycles. The van der Waals surface area contributed by atoms with Crippen molar-refractivity contribution in [3.63, 3.8) is 0 Å². The lowest BCUT2D eigenvalue weighted by Gasteiger charge is -2.31. The lowest BCUT2D eigenvalue weighted by atomic mass is 9.80. The number of aromatic nitrogens is 1. The van der Waals surface area contributed by atoms with E-state index in [1.807, 2.05) is 12.3 Å². The summed E-state index contributed by atoms with van der Waals surface area (Å²) in [4.78, 5) is 14.7. The Morgan fingerprint density at radius 3 is 1.54 bits per heavy atom. The van der Waals surface area contributed by atoms with Gasteiger partial charge in [0.25, 0.3) is 0 Å². The number of nitrogens with zero attached hydrogens (tertiary/aromatic N) is 5. The van der Waals surface area contributed by atoms with Gasteiger partial charge in [-0.15, -0.1) is 0 Å². The van der Waals surface area contributed by atoms with Crippen molar-refractivity contribution < 1.29 is 0 Å². The molecule has 5 heteroatoms. The van der Waals surface area contributed by atoms with Crippen molar-refractivity contribution >= 4 is 57.0 Å². The SMILES string of the molecule is CC(C)(C)c1cc(N2CN(c3cc(-c4ccccc4)cc(N(c4ccccc4)c4ccc5c(c4)N(c4ccccn4)c4ccccc4-c4ccccc4-5)c3)c3ccccc32)cc(C(C)(C)C)c1. The molecule has 0 unspecified atom stereocenters. The normalized spacial score (nSPS) is 13.1. The lowest BCUT2D eigenvalue weighted by Crippen LogP contribution is -2.25. The van der Waals surface area contributed by atoms with E-state index in [1.54, 1.807) is 0 Å². The Balaban J connectivity index is 1.11. The van der Waals surface area contributed by atoms with E-state index in [9.17, 15) is 0 Å². The predicted octanol–water partition coefficient (Wildman–Crippen LogP) is 17.2. The highest BCUT2D eigenvalue weighted by Gasteiger charge is 2.32. The molecule has 0 saturated heterocycles.